The molecule has 19 heavy (non-hydrogen) atoms. The van der Waals surface area contributed by atoms with Gasteiger partial charge in [-0.15, -0.1) is 0 Å². The lowest BCUT2D eigenvalue weighted by Gasteiger charge is -2.26. The van der Waals surface area contributed by atoms with Gasteiger partial charge in [0.2, 0.25) is 5.91 Å². The van der Waals surface area contributed by atoms with Crippen LogP contribution in [0.5, 0.6) is 0 Å². The van der Waals surface area contributed by atoms with Crippen molar-refractivity contribution in [3.8, 4) is 0 Å². The number of hydrogen-bond acceptors (Lipinski definition) is 4. The van der Waals surface area contributed by atoms with Gasteiger partial charge in [0, 0.05) is 45.0 Å². The van der Waals surface area contributed by atoms with Gasteiger partial charge in [-0.3, -0.25) is 14.5 Å². The summed E-state index contributed by atoms with van der Waals surface area (Å²) in [4.78, 5) is 25.5. The molecule has 0 atom stereocenters. The van der Waals surface area contributed by atoms with Crippen LogP contribution in [0.3, 0.4) is 0 Å². The van der Waals surface area contributed by atoms with E-state index >= 15 is 0 Å². The van der Waals surface area contributed by atoms with E-state index in [2.05, 4.69) is 15.5 Å². The molecule has 6 nitrogen and oxygen atoms in total. The van der Waals surface area contributed by atoms with E-state index in [9.17, 15) is 9.59 Å². The van der Waals surface area contributed by atoms with E-state index in [4.69, 9.17) is 0 Å². The maximum atomic E-state index is 11.9. The number of aromatic nitrogens is 1. The van der Waals surface area contributed by atoms with Crippen molar-refractivity contribution in [2.45, 2.75) is 13.5 Å². The highest BCUT2D eigenvalue weighted by atomic mass is 16.2. The second kappa shape index (κ2) is 6.49. The molecule has 1 aromatic heterocycles. The minimum atomic E-state index is -0.0531. The monoisotopic (exact) mass is 264 g/mol. The molecular formula is C13H20N4O2. The lowest BCUT2D eigenvalue weighted by molar-refractivity contribution is -0.117. The zero-order chi connectivity index (χ0) is 13.7. The minimum Gasteiger partial charge on any atom is -0.324 e. The maximum absolute atomic E-state index is 11.9. The zero-order valence-electron chi connectivity index (χ0n) is 11.2. The fourth-order valence-corrected chi connectivity index (χ4v) is 2.13. The van der Waals surface area contributed by atoms with E-state index < -0.39 is 0 Å². The molecule has 1 aliphatic rings. The normalized spacial score (nSPS) is 16.3. The zero-order valence-corrected chi connectivity index (χ0v) is 11.2. The average Bonchev–Trinajstić information content (AvgIpc) is 2.42. The summed E-state index contributed by atoms with van der Waals surface area (Å²) in [7, 11) is 0. The fraction of sp³-hybridized carbons (Fsp3) is 0.538. The Morgan fingerprint density at radius 1 is 1.37 bits per heavy atom. The van der Waals surface area contributed by atoms with Crippen LogP contribution in [0.1, 0.15) is 6.92 Å². The van der Waals surface area contributed by atoms with Crippen LogP contribution in [-0.4, -0.2) is 48.1 Å². The fourth-order valence-electron chi connectivity index (χ4n) is 2.13. The molecule has 0 unspecified atom stereocenters. The van der Waals surface area contributed by atoms with Crippen molar-refractivity contribution >= 4 is 11.6 Å². The topological polar surface area (TPSA) is 66.4 Å². The van der Waals surface area contributed by atoms with Gasteiger partial charge in [-0.05, 0) is 13.0 Å². The van der Waals surface area contributed by atoms with Crippen LogP contribution in [0.4, 0.5) is 5.69 Å². The lowest BCUT2D eigenvalue weighted by atomic mass is 10.3. The van der Waals surface area contributed by atoms with Gasteiger partial charge in [-0.1, -0.05) is 0 Å². The van der Waals surface area contributed by atoms with Crippen molar-refractivity contribution in [2.24, 2.45) is 0 Å². The summed E-state index contributed by atoms with van der Waals surface area (Å²) in [6.07, 6.45) is 1.68. The van der Waals surface area contributed by atoms with Crippen molar-refractivity contribution in [2.75, 3.05) is 38.0 Å². The van der Waals surface area contributed by atoms with Crippen molar-refractivity contribution in [1.29, 1.82) is 0 Å². The summed E-state index contributed by atoms with van der Waals surface area (Å²) < 4.78 is 1.57. The number of nitrogens with one attached hydrogen (secondary N) is 2. The lowest BCUT2D eigenvalue weighted by Crippen LogP contribution is -2.46. The number of anilines is 1. The molecule has 6 heteroatoms. The first kappa shape index (κ1) is 13.8. The number of hydrogen-bond donors (Lipinski definition) is 2. The summed E-state index contributed by atoms with van der Waals surface area (Å²) >= 11 is 0. The summed E-state index contributed by atoms with van der Waals surface area (Å²) in [6.45, 7) is 6.52. The second-order valence-corrected chi connectivity index (χ2v) is 4.62. The second-order valence-electron chi connectivity index (χ2n) is 4.62. The summed E-state index contributed by atoms with van der Waals surface area (Å²) in [5.41, 5.74) is 0.615. The number of nitrogens with zero attached hydrogens (tertiary/aromatic N) is 2. The number of carbonyl (C=O) groups is 1. The van der Waals surface area contributed by atoms with Gasteiger partial charge in [0.15, 0.2) is 0 Å². The summed E-state index contributed by atoms with van der Waals surface area (Å²) in [5, 5.41) is 6.08. The van der Waals surface area contributed by atoms with E-state index in [1.54, 1.807) is 16.8 Å². The Balaban J connectivity index is 1.92. The first-order chi connectivity index (χ1) is 9.19. The Morgan fingerprint density at radius 2 is 2.11 bits per heavy atom. The van der Waals surface area contributed by atoms with Gasteiger partial charge in [-0.2, -0.15) is 0 Å². The average molecular weight is 264 g/mol. The third kappa shape index (κ3) is 3.90. The maximum Gasteiger partial charge on any atom is 0.250 e. The number of aryl methyl sites for hydroxylation is 1. The SMILES string of the molecule is CCn1cc(NC(=O)CN2CCNCC2)ccc1=O. The molecule has 0 radical (unpaired) electrons. The van der Waals surface area contributed by atoms with Crippen LogP contribution < -0.4 is 16.2 Å². The number of amides is 1. The van der Waals surface area contributed by atoms with Gasteiger partial charge in [0.05, 0.1) is 12.2 Å². The van der Waals surface area contributed by atoms with Gasteiger partial charge < -0.3 is 15.2 Å². The molecule has 0 aliphatic carbocycles. The van der Waals surface area contributed by atoms with E-state index in [0.29, 0.717) is 18.8 Å². The smallest absolute Gasteiger partial charge is 0.250 e. The Kier molecular flexibility index (Phi) is 4.70. The molecule has 0 saturated carbocycles. The quantitative estimate of drug-likeness (QED) is 0.784. The molecule has 0 spiro atoms. The Bertz CT molecular complexity index is 492. The van der Waals surface area contributed by atoms with Crippen LogP contribution >= 0.6 is 0 Å². The molecule has 1 saturated heterocycles. The molecular weight excluding hydrogens is 244 g/mol. The standard InChI is InChI=1S/C13H20N4O2/c1-2-17-9-11(3-4-13(17)19)15-12(18)10-16-7-5-14-6-8-16/h3-4,9,14H,2,5-8,10H2,1H3,(H,15,18). The van der Waals surface area contributed by atoms with E-state index in [0.717, 1.165) is 26.2 Å². The number of piperazine rings is 1. The molecule has 0 aromatic carbocycles. The van der Waals surface area contributed by atoms with Crippen LogP contribution in [-0.2, 0) is 11.3 Å². The van der Waals surface area contributed by atoms with Crippen LogP contribution in [0.2, 0.25) is 0 Å². The highest BCUT2D eigenvalue weighted by molar-refractivity contribution is 5.92. The molecule has 1 aliphatic heterocycles. The van der Waals surface area contributed by atoms with Gasteiger partial charge in [0.1, 0.15) is 0 Å². The first-order valence-corrected chi connectivity index (χ1v) is 6.62. The molecule has 2 rings (SSSR count). The predicted molar refractivity (Wildman–Crippen MR) is 74.3 cm³/mol. The largest absolute Gasteiger partial charge is 0.324 e. The van der Waals surface area contributed by atoms with E-state index in [1.165, 1.54) is 6.07 Å². The predicted octanol–water partition coefficient (Wildman–Crippen LogP) is -0.288. The highest BCUT2D eigenvalue weighted by Crippen LogP contribution is 2.03. The molecule has 0 bridgehead atoms. The van der Waals surface area contributed by atoms with Gasteiger partial charge in [-0.25, -0.2) is 0 Å². The number of rotatable bonds is 4. The van der Waals surface area contributed by atoms with Crippen LogP contribution in [0.25, 0.3) is 0 Å². The molecule has 1 aromatic rings. The van der Waals surface area contributed by atoms with Crippen molar-refractivity contribution < 1.29 is 4.79 Å². The van der Waals surface area contributed by atoms with Crippen LogP contribution in [0, 0.1) is 0 Å². The van der Waals surface area contributed by atoms with Crippen molar-refractivity contribution in [1.82, 2.24) is 14.8 Å². The minimum absolute atomic E-state index is 0.0387. The van der Waals surface area contributed by atoms with Crippen LogP contribution in [0.15, 0.2) is 23.1 Å². The third-order valence-corrected chi connectivity index (χ3v) is 3.18. The molecule has 104 valence electrons. The Morgan fingerprint density at radius 3 is 2.79 bits per heavy atom. The number of pyridine rings is 1. The number of carbonyl (C=O) groups excluding carboxylic acids is 1. The highest BCUT2D eigenvalue weighted by Gasteiger charge is 2.13. The van der Waals surface area contributed by atoms with E-state index in [-0.39, 0.29) is 11.5 Å². The van der Waals surface area contributed by atoms with Gasteiger partial charge in [0.25, 0.3) is 5.56 Å². The molecule has 1 amide bonds. The Labute approximate surface area is 112 Å². The molecule has 2 heterocycles. The Hall–Kier alpha value is -1.66. The molecule has 2 N–H and O–H groups in total. The van der Waals surface area contributed by atoms with E-state index in [1.807, 2.05) is 6.92 Å². The first-order valence-electron chi connectivity index (χ1n) is 6.62. The molecule has 1 fully saturated rings. The third-order valence-electron chi connectivity index (χ3n) is 3.18. The van der Waals surface area contributed by atoms with Crippen molar-refractivity contribution in [3.05, 3.63) is 28.7 Å². The summed E-state index contributed by atoms with van der Waals surface area (Å²) in [5.74, 6) is -0.0387. The summed E-state index contributed by atoms with van der Waals surface area (Å²) in [6, 6.07) is 3.12. The van der Waals surface area contributed by atoms with Gasteiger partial charge >= 0.3 is 0 Å². The van der Waals surface area contributed by atoms with Crippen molar-refractivity contribution in [3.63, 3.8) is 0 Å².